The number of amides is 1. The maximum atomic E-state index is 11.6. The minimum Gasteiger partial charge on any atom is -0.490 e. The van der Waals surface area contributed by atoms with E-state index in [1.165, 1.54) is 11.1 Å². The van der Waals surface area contributed by atoms with Gasteiger partial charge in [0.2, 0.25) is 5.91 Å². The number of nitrogens with one attached hydrogen (secondary N) is 1. The minimum atomic E-state index is -0.000763. The molecule has 0 aliphatic rings. The van der Waals surface area contributed by atoms with Crippen LogP contribution in [0.2, 0.25) is 0 Å². The molecule has 1 N–H and O–H groups in total. The van der Waals surface area contributed by atoms with Crippen molar-refractivity contribution in [2.24, 2.45) is 0 Å². The maximum absolute atomic E-state index is 11.6. The Balaban J connectivity index is 2.37. The molecule has 0 heterocycles. The lowest BCUT2D eigenvalue weighted by molar-refractivity contribution is -0.117. The molecule has 21 heavy (non-hydrogen) atoms. The SMILES string of the molecule is C/C=C(\C)C(=O)NCCc1ccc(OCC=C(C)C)cc1. The van der Waals surface area contributed by atoms with Crippen LogP contribution in [0.4, 0.5) is 0 Å². The number of rotatable bonds is 7. The van der Waals surface area contributed by atoms with Gasteiger partial charge in [-0.15, -0.1) is 0 Å². The summed E-state index contributed by atoms with van der Waals surface area (Å²) >= 11 is 0. The van der Waals surface area contributed by atoms with Gasteiger partial charge in [-0.1, -0.05) is 23.8 Å². The fourth-order valence-corrected chi connectivity index (χ4v) is 1.65. The number of hydrogen-bond donors (Lipinski definition) is 1. The summed E-state index contributed by atoms with van der Waals surface area (Å²) in [6, 6.07) is 8.00. The van der Waals surface area contributed by atoms with Crippen LogP contribution in [-0.2, 0) is 11.2 Å². The summed E-state index contributed by atoms with van der Waals surface area (Å²) in [5.41, 5.74) is 3.18. The molecule has 0 fully saturated rings. The van der Waals surface area contributed by atoms with Crippen molar-refractivity contribution in [2.45, 2.75) is 34.1 Å². The fourth-order valence-electron chi connectivity index (χ4n) is 1.65. The first-order valence-corrected chi connectivity index (χ1v) is 7.29. The Morgan fingerprint density at radius 2 is 1.86 bits per heavy atom. The summed E-state index contributed by atoms with van der Waals surface area (Å²) in [6.07, 6.45) is 4.68. The molecule has 0 bridgehead atoms. The van der Waals surface area contributed by atoms with Crippen molar-refractivity contribution in [3.05, 3.63) is 53.1 Å². The molecule has 0 aliphatic carbocycles. The highest BCUT2D eigenvalue weighted by Crippen LogP contribution is 2.12. The highest BCUT2D eigenvalue weighted by molar-refractivity contribution is 5.92. The van der Waals surface area contributed by atoms with Crippen LogP contribution in [0, 0.1) is 0 Å². The molecule has 1 amide bonds. The molecule has 0 aromatic heterocycles. The lowest BCUT2D eigenvalue weighted by atomic mass is 10.1. The van der Waals surface area contributed by atoms with Crippen LogP contribution in [0.15, 0.2) is 47.6 Å². The van der Waals surface area contributed by atoms with Gasteiger partial charge in [-0.25, -0.2) is 0 Å². The highest BCUT2D eigenvalue weighted by Gasteiger charge is 2.02. The van der Waals surface area contributed by atoms with Crippen molar-refractivity contribution in [3.8, 4) is 5.75 Å². The molecule has 3 heteroatoms. The van der Waals surface area contributed by atoms with E-state index in [0.29, 0.717) is 13.2 Å². The molecule has 114 valence electrons. The second kappa shape index (κ2) is 9.01. The van der Waals surface area contributed by atoms with Gasteiger partial charge in [-0.2, -0.15) is 0 Å². The summed E-state index contributed by atoms with van der Waals surface area (Å²) in [5.74, 6) is 0.865. The van der Waals surface area contributed by atoms with Crippen LogP contribution >= 0.6 is 0 Å². The second-order valence-electron chi connectivity index (χ2n) is 5.21. The summed E-state index contributed by atoms with van der Waals surface area (Å²) in [7, 11) is 0. The topological polar surface area (TPSA) is 38.3 Å². The van der Waals surface area contributed by atoms with Gasteiger partial charge in [0.15, 0.2) is 0 Å². The lowest BCUT2D eigenvalue weighted by Gasteiger charge is -2.07. The van der Waals surface area contributed by atoms with Gasteiger partial charge in [0.05, 0.1) is 0 Å². The number of benzene rings is 1. The monoisotopic (exact) mass is 287 g/mol. The number of carbonyl (C=O) groups is 1. The van der Waals surface area contributed by atoms with Gasteiger partial charge in [0.1, 0.15) is 12.4 Å². The van der Waals surface area contributed by atoms with Crippen LogP contribution in [0.3, 0.4) is 0 Å². The summed E-state index contributed by atoms with van der Waals surface area (Å²) < 4.78 is 5.61. The lowest BCUT2D eigenvalue weighted by Crippen LogP contribution is -2.26. The van der Waals surface area contributed by atoms with Gasteiger partial charge < -0.3 is 10.1 Å². The van der Waals surface area contributed by atoms with E-state index in [-0.39, 0.29) is 5.91 Å². The van der Waals surface area contributed by atoms with E-state index < -0.39 is 0 Å². The van der Waals surface area contributed by atoms with Crippen LogP contribution in [-0.4, -0.2) is 19.1 Å². The molecule has 0 saturated carbocycles. The smallest absolute Gasteiger partial charge is 0.246 e. The van der Waals surface area contributed by atoms with Crippen molar-refractivity contribution in [2.75, 3.05) is 13.2 Å². The molecule has 1 rings (SSSR count). The van der Waals surface area contributed by atoms with Crippen LogP contribution in [0.5, 0.6) is 5.75 Å². The maximum Gasteiger partial charge on any atom is 0.246 e. The predicted octanol–water partition coefficient (Wildman–Crippen LogP) is 3.66. The molecular weight excluding hydrogens is 262 g/mol. The Morgan fingerprint density at radius 1 is 1.19 bits per heavy atom. The molecule has 0 saturated heterocycles. The first-order valence-electron chi connectivity index (χ1n) is 7.29. The molecule has 0 unspecified atom stereocenters. The quantitative estimate of drug-likeness (QED) is 0.614. The third-order valence-corrected chi connectivity index (χ3v) is 3.16. The molecule has 0 spiro atoms. The first-order chi connectivity index (χ1) is 10.0. The predicted molar refractivity (Wildman–Crippen MR) is 87.5 cm³/mol. The summed E-state index contributed by atoms with van der Waals surface area (Å²) in [5, 5.41) is 2.90. The molecule has 0 atom stereocenters. The summed E-state index contributed by atoms with van der Waals surface area (Å²) in [4.78, 5) is 11.6. The highest BCUT2D eigenvalue weighted by atomic mass is 16.5. The molecular formula is C18H25NO2. The van der Waals surface area contributed by atoms with E-state index in [1.54, 1.807) is 0 Å². The van der Waals surface area contributed by atoms with E-state index >= 15 is 0 Å². The summed E-state index contributed by atoms with van der Waals surface area (Å²) in [6.45, 7) is 9.02. The third kappa shape index (κ3) is 6.80. The Morgan fingerprint density at radius 3 is 2.43 bits per heavy atom. The van der Waals surface area contributed by atoms with Gasteiger partial charge in [-0.05, 0) is 57.9 Å². The van der Waals surface area contributed by atoms with Crippen molar-refractivity contribution < 1.29 is 9.53 Å². The zero-order chi connectivity index (χ0) is 15.7. The molecule has 3 nitrogen and oxygen atoms in total. The molecule has 0 aliphatic heterocycles. The molecule has 1 aromatic carbocycles. The molecule has 0 radical (unpaired) electrons. The van der Waals surface area contributed by atoms with E-state index in [9.17, 15) is 4.79 Å². The van der Waals surface area contributed by atoms with Crippen molar-refractivity contribution in [3.63, 3.8) is 0 Å². The van der Waals surface area contributed by atoms with Crippen molar-refractivity contribution in [1.82, 2.24) is 5.32 Å². The van der Waals surface area contributed by atoms with Gasteiger partial charge in [-0.3, -0.25) is 4.79 Å². The van der Waals surface area contributed by atoms with Crippen molar-refractivity contribution in [1.29, 1.82) is 0 Å². The van der Waals surface area contributed by atoms with E-state index in [4.69, 9.17) is 4.74 Å². The van der Waals surface area contributed by atoms with Gasteiger partial charge >= 0.3 is 0 Å². The van der Waals surface area contributed by atoms with E-state index in [2.05, 4.69) is 19.2 Å². The zero-order valence-corrected chi connectivity index (χ0v) is 13.4. The second-order valence-corrected chi connectivity index (χ2v) is 5.21. The number of ether oxygens (including phenoxy) is 1. The minimum absolute atomic E-state index is 0.000763. The Labute approximate surface area is 127 Å². The fraction of sp³-hybridized carbons (Fsp3) is 0.389. The zero-order valence-electron chi connectivity index (χ0n) is 13.4. The third-order valence-electron chi connectivity index (χ3n) is 3.16. The number of carbonyl (C=O) groups excluding carboxylic acids is 1. The van der Waals surface area contributed by atoms with E-state index in [0.717, 1.165) is 17.7 Å². The number of hydrogen-bond acceptors (Lipinski definition) is 2. The van der Waals surface area contributed by atoms with Gasteiger partial charge in [0.25, 0.3) is 0 Å². The Hall–Kier alpha value is -2.03. The van der Waals surface area contributed by atoms with Crippen molar-refractivity contribution >= 4 is 5.91 Å². The molecule has 1 aromatic rings. The largest absolute Gasteiger partial charge is 0.490 e. The number of allylic oxidation sites excluding steroid dienone is 2. The Kier molecular flexibility index (Phi) is 7.30. The normalized spacial score (nSPS) is 11.0. The van der Waals surface area contributed by atoms with Gasteiger partial charge in [0, 0.05) is 12.1 Å². The van der Waals surface area contributed by atoms with E-state index in [1.807, 2.05) is 50.3 Å². The first kappa shape index (κ1) is 17.0. The standard InChI is InChI=1S/C18H25NO2/c1-5-15(4)18(20)19-12-10-16-6-8-17(9-7-16)21-13-11-14(2)3/h5-9,11H,10,12-13H2,1-4H3,(H,19,20)/b15-5+. The van der Waals surface area contributed by atoms with Crippen LogP contribution in [0.25, 0.3) is 0 Å². The average molecular weight is 287 g/mol. The average Bonchev–Trinajstić information content (AvgIpc) is 2.47. The van der Waals surface area contributed by atoms with Crippen LogP contribution in [0.1, 0.15) is 33.3 Å². The Bertz CT molecular complexity index is 509. The van der Waals surface area contributed by atoms with Crippen LogP contribution < -0.4 is 10.1 Å².